The molecule has 0 radical (unpaired) electrons. The first-order valence-electron chi connectivity index (χ1n) is 10.7. The molecule has 6 nitrogen and oxygen atoms in total. The highest BCUT2D eigenvalue weighted by Crippen LogP contribution is 2.57. The summed E-state index contributed by atoms with van der Waals surface area (Å²) in [7, 11) is -8.74. The summed E-state index contributed by atoms with van der Waals surface area (Å²) in [4.78, 5) is -1.65. The summed E-state index contributed by atoms with van der Waals surface area (Å²) in [5.41, 5.74) is 2.01. The quantitative estimate of drug-likeness (QED) is 0.261. The zero-order valence-electron chi connectivity index (χ0n) is 18.3. The van der Waals surface area contributed by atoms with Crippen LogP contribution in [0, 0.1) is 0 Å². The molecule has 2 unspecified atom stereocenters. The van der Waals surface area contributed by atoms with Gasteiger partial charge in [-0.1, -0.05) is 72.8 Å². The zero-order chi connectivity index (χ0) is 23.2. The van der Waals surface area contributed by atoms with Crippen molar-refractivity contribution < 1.29 is 26.6 Å². The van der Waals surface area contributed by atoms with E-state index in [1.54, 1.807) is 13.8 Å². The Kier molecular flexibility index (Phi) is 8.26. The molecule has 0 aliphatic rings. The van der Waals surface area contributed by atoms with Gasteiger partial charge in [-0.2, -0.15) is 8.42 Å². The van der Waals surface area contributed by atoms with E-state index in [-0.39, 0.29) is 25.6 Å². The lowest BCUT2D eigenvalue weighted by atomic mass is 9.86. The lowest BCUT2D eigenvalue weighted by Crippen LogP contribution is -2.24. The van der Waals surface area contributed by atoms with Crippen LogP contribution < -0.4 is 0 Å². The van der Waals surface area contributed by atoms with Gasteiger partial charge in [-0.3, -0.25) is 9.12 Å². The summed E-state index contributed by atoms with van der Waals surface area (Å²) in [5.74, 6) is -0.165. The maximum absolute atomic E-state index is 13.2. The molecule has 0 bridgehead atoms. The molecule has 2 atom stereocenters. The van der Waals surface area contributed by atoms with E-state index >= 15 is 0 Å². The van der Waals surface area contributed by atoms with Crippen LogP contribution in [0.25, 0.3) is 10.8 Å². The van der Waals surface area contributed by atoms with Gasteiger partial charge < -0.3 is 9.05 Å². The molecule has 3 aromatic carbocycles. The lowest BCUT2D eigenvalue weighted by Gasteiger charge is -2.26. The van der Waals surface area contributed by atoms with E-state index in [1.807, 2.05) is 66.7 Å². The molecule has 3 aromatic rings. The minimum Gasteiger partial charge on any atom is -0.308 e. The van der Waals surface area contributed by atoms with Gasteiger partial charge in [0.25, 0.3) is 10.1 Å². The van der Waals surface area contributed by atoms with Crippen molar-refractivity contribution in [3.63, 3.8) is 0 Å². The third-order valence-electron chi connectivity index (χ3n) is 5.39. The van der Waals surface area contributed by atoms with Crippen molar-refractivity contribution in [1.82, 2.24) is 0 Å². The van der Waals surface area contributed by atoms with Crippen LogP contribution in [0.5, 0.6) is 0 Å². The zero-order valence-corrected chi connectivity index (χ0v) is 20.0. The Bertz CT molecular complexity index is 1170. The van der Waals surface area contributed by atoms with Crippen LogP contribution in [-0.4, -0.2) is 31.2 Å². The first-order valence-corrected chi connectivity index (χ1v) is 13.8. The van der Waals surface area contributed by atoms with Crippen molar-refractivity contribution in [3.8, 4) is 0 Å². The van der Waals surface area contributed by atoms with Crippen molar-refractivity contribution in [3.05, 3.63) is 83.9 Å². The number of hydrogen-bond acceptors (Lipinski definition) is 5. The number of benzene rings is 3. The van der Waals surface area contributed by atoms with Gasteiger partial charge in [0.15, 0.2) is 4.99 Å². The van der Waals surface area contributed by atoms with Gasteiger partial charge in [0, 0.05) is 5.92 Å². The normalized spacial score (nSPS) is 14.3. The topological polar surface area (TPSA) is 89.9 Å². The molecule has 3 rings (SSSR count). The Morgan fingerprint density at radius 2 is 1.41 bits per heavy atom. The molecule has 8 heteroatoms. The van der Waals surface area contributed by atoms with Crippen molar-refractivity contribution in [1.29, 1.82) is 0 Å². The molecule has 0 aromatic heterocycles. The molecule has 0 heterocycles. The fourth-order valence-corrected chi connectivity index (χ4v) is 7.67. The molecule has 0 aliphatic carbocycles. The highest BCUT2D eigenvalue weighted by atomic mass is 32.2. The van der Waals surface area contributed by atoms with E-state index in [0.717, 1.165) is 21.9 Å². The summed E-state index contributed by atoms with van der Waals surface area (Å²) < 4.78 is 58.1. The average Bonchev–Trinajstić information content (AvgIpc) is 2.76. The third-order valence-corrected chi connectivity index (χ3v) is 10.1. The predicted molar refractivity (Wildman–Crippen MR) is 128 cm³/mol. The molecule has 0 fully saturated rings. The fourth-order valence-electron chi connectivity index (χ4n) is 3.98. The first-order chi connectivity index (χ1) is 15.3. The van der Waals surface area contributed by atoms with Crippen LogP contribution in [0.3, 0.4) is 0 Å². The smallest absolute Gasteiger partial charge is 0.308 e. The number of fused-ring (bicyclic) bond motifs is 1. The Balaban J connectivity index is 1.99. The van der Waals surface area contributed by atoms with Crippen molar-refractivity contribution in [2.24, 2.45) is 0 Å². The molecule has 0 amide bonds. The molecule has 32 heavy (non-hydrogen) atoms. The third kappa shape index (κ3) is 5.85. The Morgan fingerprint density at radius 1 is 0.812 bits per heavy atom. The van der Waals surface area contributed by atoms with Gasteiger partial charge in [0.05, 0.1) is 13.2 Å². The molecule has 0 saturated carbocycles. The minimum atomic E-state index is -4.67. The molecule has 172 valence electrons. The lowest BCUT2D eigenvalue weighted by molar-refractivity contribution is 0.215. The molecular formula is C24H29O6PS. The highest BCUT2D eigenvalue weighted by Gasteiger charge is 2.44. The van der Waals surface area contributed by atoms with Crippen molar-refractivity contribution in [2.45, 2.75) is 37.6 Å². The summed E-state index contributed by atoms with van der Waals surface area (Å²) in [6.45, 7) is 3.23. The Hall–Kier alpha value is -2.02. The summed E-state index contributed by atoms with van der Waals surface area (Å²) in [5, 5.41) is 2.18. The van der Waals surface area contributed by atoms with Crippen LogP contribution in [0.4, 0.5) is 0 Å². The van der Waals surface area contributed by atoms with Gasteiger partial charge in [0.2, 0.25) is 0 Å². The van der Waals surface area contributed by atoms with Crippen LogP contribution in [0.15, 0.2) is 72.8 Å². The second-order valence-electron chi connectivity index (χ2n) is 7.49. The largest absolute Gasteiger partial charge is 0.351 e. The molecule has 1 N–H and O–H groups in total. The number of rotatable bonds is 11. The Morgan fingerprint density at radius 3 is 2.00 bits per heavy atom. The van der Waals surface area contributed by atoms with Crippen molar-refractivity contribution >= 4 is 28.5 Å². The van der Waals surface area contributed by atoms with Gasteiger partial charge in [-0.15, -0.1) is 0 Å². The number of hydrogen-bond donors (Lipinski definition) is 1. The van der Waals surface area contributed by atoms with Gasteiger partial charge >= 0.3 is 7.60 Å². The van der Waals surface area contributed by atoms with Crippen molar-refractivity contribution in [2.75, 3.05) is 13.2 Å². The molecule has 0 spiro atoms. The average molecular weight is 477 g/mol. The maximum Gasteiger partial charge on any atom is 0.351 e. The standard InChI is InChI=1S/C24H29O6PS/c1-3-29-31(25,30-4-2)24(32(26,27)28)17-16-23(20-11-6-5-7-12-20)22-15-14-19-10-8-9-13-21(19)18-22/h5-15,18,23-24H,3-4,16-17H2,1-2H3,(H,26,27,28). The summed E-state index contributed by atoms with van der Waals surface area (Å²) in [6.07, 6.45) is 0.249. The van der Waals surface area contributed by atoms with E-state index in [9.17, 15) is 17.5 Å². The van der Waals surface area contributed by atoms with E-state index in [4.69, 9.17) is 9.05 Å². The minimum absolute atomic E-state index is 0.0100. The van der Waals surface area contributed by atoms with Gasteiger partial charge in [-0.25, -0.2) is 0 Å². The van der Waals surface area contributed by atoms with Crippen LogP contribution in [0.1, 0.15) is 43.7 Å². The van der Waals surface area contributed by atoms with Crippen LogP contribution >= 0.6 is 7.60 Å². The summed E-state index contributed by atoms with van der Waals surface area (Å²) >= 11 is 0. The van der Waals surface area contributed by atoms with Gasteiger partial charge in [0.1, 0.15) is 0 Å². The summed E-state index contributed by atoms with van der Waals surface area (Å²) in [6, 6.07) is 23.9. The first kappa shape index (κ1) is 24.6. The monoisotopic (exact) mass is 476 g/mol. The highest BCUT2D eigenvalue weighted by molar-refractivity contribution is 7.94. The predicted octanol–water partition coefficient (Wildman–Crippen LogP) is 6.23. The molecular weight excluding hydrogens is 447 g/mol. The van der Waals surface area contributed by atoms with Gasteiger partial charge in [-0.05, 0) is 48.6 Å². The fraction of sp³-hybridized carbons (Fsp3) is 0.333. The van der Waals surface area contributed by atoms with Crippen LogP contribution in [0.2, 0.25) is 0 Å². The Labute approximate surface area is 189 Å². The van der Waals surface area contributed by atoms with E-state index in [0.29, 0.717) is 6.42 Å². The maximum atomic E-state index is 13.2. The molecule has 0 aliphatic heterocycles. The SMILES string of the molecule is CCOP(=O)(OCC)C(CCC(c1ccccc1)c1ccc2ccccc2c1)S(=O)(=O)O. The van der Waals surface area contributed by atoms with Crippen LogP contribution in [-0.2, 0) is 23.7 Å². The van der Waals surface area contributed by atoms with E-state index in [2.05, 4.69) is 6.07 Å². The second kappa shape index (κ2) is 10.7. The van der Waals surface area contributed by atoms with E-state index in [1.165, 1.54) is 0 Å². The van der Waals surface area contributed by atoms with E-state index < -0.39 is 22.7 Å². The second-order valence-corrected chi connectivity index (χ2v) is 11.7. The molecule has 0 saturated heterocycles.